The lowest BCUT2D eigenvalue weighted by atomic mass is 10.3. The Kier molecular flexibility index (Phi) is 4.07. The van der Waals surface area contributed by atoms with Crippen molar-refractivity contribution in [1.29, 1.82) is 0 Å². The second kappa shape index (κ2) is 6.17. The molecule has 8 heteroatoms. The highest BCUT2D eigenvalue weighted by Crippen LogP contribution is 2.31. The highest BCUT2D eigenvalue weighted by atomic mass is 32.1. The lowest BCUT2D eigenvalue weighted by Gasteiger charge is -2.06. The van der Waals surface area contributed by atoms with Crippen LogP contribution in [0, 0.1) is 5.82 Å². The number of rotatable bonds is 4. The number of hydrogen-bond acceptors (Lipinski definition) is 5. The molecule has 0 saturated heterocycles. The predicted octanol–water partition coefficient (Wildman–Crippen LogP) is 2.14. The maximum atomic E-state index is 13.2. The van der Waals surface area contributed by atoms with Gasteiger partial charge in [-0.1, -0.05) is 11.3 Å². The van der Waals surface area contributed by atoms with Crippen LogP contribution in [0.1, 0.15) is 0 Å². The number of aromatic nitrogens is 2. The zero-order valence-electron chi connectivity index (χ0n) is 12.1. The molecule has 3 rings (SSSR count). The molecule has 0 atom stereocenters. The minimum Gasteiger partial charge on any atom is -0.431 e. The zero-order valence-corrected chi connectivity index (χ0v) is 12.9. The first-order valence-electron chi connectivity index (χ1n) is 6.70. The first-order chi connectivity index (χ1) is 11.0. The number of fused-ring (bicyclic) bond motifs is 1. The van der Waals surface area contributed by atoms with Crippen LogP contribution in [0.4, 0.5) is 4.39 Å². The average Bonchev–Trinajstić information content (AvgIpc) is 2.91. The van der Waals surface area contributed by atoms with E-state index >= 15 is 0 Å². The quantitative estimate of drug-likeness (QED) is 0.794. The molecule has 23 heavy (non-hydrogen) atoms. The summed E-state index contributed by atoms with van der Waals surface area (Å²) < 4.78 is 20.6. The van der Waals surface area contributed by atoms with E-state index in [0.29, 0.717) is 21.2 Å². The van der Waals surface area contributed by atoms with Crippen LogP contribution in [0.5, 0.6) is 10.9 Å². The molecule has 0 spiro atoms. The Balaban J connectivity index is 1.83. The highest BCUT2D eigenvalue weighted by molar-refractivity contribution is 7.20. The van der Waals surface area contributed by atoms with Gasteiger partial charge in [-0.05, 0) is 24.3 Å². The first kappa shape index (κ1) is 15.2. The van der Waals surface area contributed by atoms with Crippen molar-refractivity contribution in [1.82, 2.24) is 14.9 Å². The maximum absolute atomic E-state index is 13.2. The van der Waals surface area contributed by atoms with E-state index in [1.165, 1.54) is 47.3 Å². The molecule has 0 aliphatic heterocycles. The van der Waals surface area contributed by atoms with Gasteiger partial charge in [0.1, 0.15) is 18.1 Å². The van der Waals surface area contributed by atoms with Gasteiger partial charge in [-0.15, -0.1) is 0 Å². The number of ether oxygens (including phenoxy) is 1. The van der Waals surface area contributed by atoms with E-state index in [1.807, 2.05) is 0 Å². The third kappa shape index (κ3) is 3.37. The molecular formula is C15H12FN3O3S. The summed E-state index contributed by atoms with van der Waals surface area (Å²) in [7, 11) is 1.50. The summed E-state index contributed by atoms with van der Waals surface area (Å²) >= 11 is 1.18. The minimum atomic E-state index is -0.363. The fraction of sp³-hybridized carbons (Fsp3) is 0.133. The predicted molar refractivity (Wildman–Crippen MR) is 84.4 cm³/mol. The molecule has 2 aromatic heterocycles. The Morgan fingerprint density at radius 2 is 2.22 bits per heavy atom. The van der Waals surface area contributed by atoms with Crippen LogP contribution in [0.25, 0.3) is 10.2 Å². The summed E-state index contributed by atoms with van der Waals surface area (Å²) in [4.78, 5) is 27.4. The van der Waals surface area contributed by atoms with Crippen LogP contribution in [-0.4, -0.2) is 22.5 Å². The van der Waals surface area contributed by atoms with Gasteiger partial charge < -0.3 is 14.6 Å². The van der Waals surface area contributed by atoms with E-state index in [4.69, 9.17) is 4.74 Å². The molecule has 2 heterocycles. The monoisotopic (exact) mass is 333 g/mol. The van der Waals surface area contributed by atoms with Crippen molar-refractivity contribution >= 4 is 27.5 Å². The number of benzene rings is 1. The topological polar surface area (TPSA) is 73.2 Å². The highest BCUT2D eigenvalue weighted by Gasteiger charge is 2.09. The van der Waals surface area contributed by atoms with Crippen LogP contribution >= 0.6 is 11.3 Å². The van der Waals surface area contributed by atoms with Gasteiger partial charge in [0.2, 0.25) is 5.91 Å². The number of pyridine rings is 1. The Hall–Kier alpha value is -2.74. The molecule has 6 nitrogen and oxygen atoms in total. The minimum absolute atomic E-state index is 0.0595. The van der Waals surface area contributed by atoms with Gasteiger partial charge >= 0.3 is 0 Å². The Labute approximate surface area is 134 Å². The number of carbonyl (C=O) groups excluding carboxylic acids is 1. The van der Waals surface area contributed by atoms with Gasteiger partial charge in [-0.25, -0.2) is 9.37 Å². The van der Waals surface area contributed by atoms with E-state index in [2.05, 4.69) is 10.3 Å². The molecular weight excluding hydrogens is 321 g/mol. The molecule has 0 bridgehead atoms. The molecule has 3 aromatic rings. The van der Waals surface area contributed by atoms with Crippen LogP contribution in [0.15, 0.2) is 41.3 Å². The fourth-order valence-electron chi connectivity index (χ4n) is 1.94. The van der Waals surface area contributed by atoms with E-state index < -0.39 is 0 Å². The number of carbonyl (C=O) groups is 1. The molecule has 0 radical (unpaired) electrons. The van der Waals surface area contributed by atoms with E-state index in [1.54, 1.807) is 12.1 Å². The summed E-state index contributed by atoms with van der Waals surface area (Å²) in [5, 5.41) is 2.76. The molecule has 0 aliphatic rings. The lowest BCUT2D eigenvalue weighted by molar-refractivity contribution is -0.121. The largest absolute Gasteiger partial charge is 0.431 e. The number of amides is 1. The van der Waals surface area contributed by atoms with Gasteiger partial charge in [-0.3, -0.25) is 9.59 Å². The van der Waals surface area contributed by atoms with Crippen molar-refractivity contribution in [3.05, 3.63) is 52.7 Å². The average molecular weight is 333 g/mol. The molecule has 1 aromatic carbocycles. The normalized spacial score (nSPS) is 10.7. The smallest absolute Gasteiger partial charge is 0.279 e. The molecule has 0 fully saturated rings. The molecule has 0 unspecified atom stereocenters. The molecule has 0 saturated carbocycles. The standard InChI is InChI=1S/C15H12FN3O3S/c1-17-13(20)8-19-5-4-10(7-14(19)21)22-15-18-11-3-2-9(16)6-12(11)23-15/h2-7H,8H2,1H3,(H,17,20). The summed E-state index contributed by atoms with van der Waals surface area (Å²) in [6.07, 6.45) is 1.47. The van der Waals surface area contributed by atoms with E-state index in [9.17, 15) is 14.0 Å². The summed E-state index contributed by atoms with van der Waals surface area (Å²) in [5.74, 6) is -0.304. The van der Waals surface area contributed by atoms with Crippen molar-refractivity contribution < 1.29 is 13.9 Å². The molecule has 0 aliphatic carbocycles. The maximum Gasteiger partial charge on any atom is 0.279 e. The third-order valence-corrected chi connectivity index (χ3v) is 3.99. The SMILES string of the molecule is CNC(=O)Cn1ccc(Oc2nc3ccc(F)cc3s2)cc1=O. The number of nitrogens with one attached hydrogen (secondary N) is 1. The van der Waals surface area contributed by atoms with E-state index in [0.717, 1.165) is 0 Å². The lowest BCUT2D eigenvalue weighted by Crippen LogP contribution is -2.29. The summed E-state index contributed by atoms with van der Waals surface area (Å²) in [6, 6.07) is 7.11. The van der Waals surface area contributed by atoms with Crippen molar-refractivity contribution in [3.8, 4) is 10.9 Å². The van der Waals surface area contributed by atoms with Crippen LogP contribution in [0.3, 0.4) is 0 Å². The second-order valence-corrected chi connectivity index (χ2v) is 5.69. The Bertz CT molecular complexity index is 935. The van der Waals surface area contributed by atoms with Crippen molar-refractivity contribution in [2.45, 2.75) is 6.54 Å². The Morgan fingerprint density at radius 1 is 1.39 bits per heavy atom. The molecule has 1 amide bonds. The second-order valence-electron chi connectivity index (χ2n) is 4.70. The summed E-state index contributed by atoms with van der Waals surface area (Å²) in [5.41, 5.74) is 0.262. The molecule has 1 N–H and O–H groups in total. The van der Waals surface area contributed by atoms with Crippen LogP contribution in [-0.2, 0) is 11.3 Å². The van der Waals surface area contributed by atoms with Crippen LogP contribution in [0.2, 0.25) is 0 Å². The molecule has 118 valence electrons. The fourth-order valence-corrected chi connectivity index (χ4v) is 2.80. The van der Waals surface area contributed by atoms with Crippen molar-refractivity contribution in [2.75, 3.05) is 7.05 Å². The Morgan fingerprint density at radius 3 is 2.96 bits per heavy atom. The van der Waals surface area contributed by atoms with Crippen LogP contribution < -0.4 is 15.6 Å². The number of halogens is 1. The summed E-state index contributed by atoms with van der Waals surface area (Å²) in [6.45, 7) is -0.0595. The van der Waals surface area contributed by atoms with Gasteiger partial charge in [0.25, 0.3) is 10.8 Å². The third-order valence-electron chi connectivity index (χ3n) is 3.10. The van der Waals surface area contributed by atoms with Gasteiger partial charge in [0.15, 0.2) is 0 Å². The number of hydrogen-bond donors (Lipinski definition) is 1. The zero-order chi connectivity index (χ0) is 16.4. The van der Waals surface area contributed by atoms with Gasteiger partial charge in [0, 0.05) is 19.3 Å². The van der Waals surface area contributed by atoms with Gasteiger partial charge in [-0.2, -0.15) is 0 Å². The van der Waals surface area contributed by atoms with Crippen molar-refractivity contribution in [2.24, 2.45) is 0 Å². The van der Waals surface area contributed by atoms with Crippen molar-refractivity contribution in [3.63, 3.8) is 0 Å². The number of nitrogens with zero attached hydrogens (tertiary/aromatic N) is 2. The number of likely N-dealkylation sites (N-methyl/N-ethyl adjacent to an activating group) is 1. The number of thiazole rings is 1. The van der Waals surface area contributed by atoms with E-state index in [-0.39, 0.29) is 23.8 Å². The van der Waals surface area contributed by atoms with Gasteiger partial charge in [0.05, 0.1) is 10.2 Å². The first-order valence-corrected chi connectivity index (χ1v) is 7.52.